The summed E-state index contributed by atoms with van der Waals surface area (Å²) in [7, 11) is 0. The van der Waals surface area contributed by atoms with Crippen LogP contribution >= 0.6 is 11.6 Å². The van der Waals surface area contributed by atoms with Gasteiger partial charge in [0.15, 0.2) is 11.5 Å². The van der Waals surface area contributed by atoms with E-state index in [0.717, 1.165) is 11.3 Å². The molecule has 0 unspecified atom stereocenters. The summed E-state index contributed by atoms with van der Waals surface area (Å²) in [6, 6.07) is 19.1. The van der Waals surface area contributed by atoms with Crippen LogP contribution in [0.15, 0.2) is 71.7 Å². The SMILES string of the molecule is CCOc1cccc([C@H]2CC(c3ccc(Cl)cc3)=N[C@@H](c3ccccc3F)N2)c1O. The van der Waals surface area contributed by atoms with Gasteiger partial charge in [-0.1, -0.05) is 54.1 Å². The molecule has 0 amide bonds. The van der Waals surface area contributed by atoms with Gasteiger partial charge in [-0.2, -0.15) is 0 Å². The molecule has 4 rings (SSSR count). The summed E-state index contributed by atoms with van der Waals surface area (Å²) in [4.78, 5) is 4.79. The largest absolute Gasteiger partial charge is 0.504 e. The molecule has 2 N–H and O–H groups in total. The molecule has 0 saturated carbocycles. The van der Waals surface area contributed by atoms with Gasteiger partial charge in [0, 0.05) is 34.3 Å². The Morgan fingerprint density at radius 1 is 1.07 bits per heavy atom. The van der Waals surface area contributed by atoms with E-state index in [2.05, 4.69) is 5.32 Å². The molecule has 3 aromatic rings. The summed E-state index contributed by atoms with van der Waals surface area (Å²) in [6.07, 6.45) is -0.0683. The fourth-order valence-electron chi connectivity index (χ4n) is 3.67. The third kappa shape index (κ3) is 4.18. The zero-order valence-corrected chi connectivity index (χ0v) is 17.2. The van der Waals surface area contributed by atoms with Crippen LogP contribution in [0.4, 0.5) is 4.39 Å². The van der Waals surface area contributed by atoms with Crippen LogP contribution < -0.4 is 10.1 Å². The number of ether oxygens (including phenoxy) is 1. The summed E-state index contributed by atoms with van der Waals surface area (Å²) in [5.74, 6) is 0.179. The van der Waals surface area contributed by atoms with Crippen molar-refractivity contribution in [1.29, 1.82) is 0 Å². The van der Waals surface area contributed by atoms with Gasteiger partial charge in [0.25, 0.3) is 0 Å². The van der Waals surface area contributed by atoms with Gasteiger partial charge in [-0.3, -0.25) is 10.3 Å². The Morgan fingerprint density at radius 3 is 2.53 bits per heavy atom. The van der Waals surface area contributed by atoms with E-state index in [1.807, 2.05) is 43.3 Å². The molecule has 1 heterocycles. The lowest BCUT2D eigenvalue weighted by Gasteiger charge is -2.31. The molecular formula is C24H22ClFN2O2. The van der Waals surface area contributed by atoms with Crippen LogP contribution in [0.3, 0.4) is 0 Å². The van der Waals surface area contributed by atoms with Crippen molar-refractivity contribution in [3.63, 3.8) is 0 Å². The van der Waals surface area contributed by atoms with Crippen molar-refractivity contribution in [3.05, 3.63) is 94.3 Å². The maximum absolute atomic E-state index is 14.5. The van der Waals surface area contributed by atoms with E-state index in [9.17, 15) is 9.50 Å². The first-order valence-corrected chi connectivity index (χ1v) is 10.2. The Bertz CT molecular complexity index is 1070. The highest BCUT2D eigenvalue weighted by Crippen LogP contribution is 2.39. The van der Waals surface area contributed by atoms with Crippen LogP contribution in [0.1, 0.15) is 42.2 Å². The van der Waals surface area contributed by atoms with E-state index in [0.29, 0.717) is 34.9 Å². The zero-order chi connectivity index (χ0) is 21.1. The van der Waals surface area contributed by atoms with E-state index in [-0.39, 0.29) is 17.6 Å². The van der Waals surface area contributed by atoms with Crippen molar-refractivity contribution in [3.8, 4) is 11.5 Å². The number of rotatable bonds is 5. The fourth-order valence-corrected chi connectivity index (χ4v) is 3.80. The topological polar surface area (TPSA) is 53.8 Å². The quantitative estimate of drug-likeness (QED) is 0.543. The Morgan fingerprint density at radius 2 is 1.80 bits per heavy atom. The van der Waals surface area contributed by atoms with Gasteiger partial charge < -0.3 is 9.84 Å². The van der Waals surface area contributed by atoms with Gasteiger partial charge in [0.05, 0.1) is 6.61 Å². The maximum Gasteiger partial charge on any atom is 0.162 e. The molecule has 4 nitrogen and oxygen atoms in total. The number of hydrogen-bond donors (Lipinski definition) is 2. The second-order valence-corrected chi connectivity index (χ2v) is 7.49. The number of phenols is 1. The standard InChI is InChI=1S/C24H22ClFN2O2/c1-2-30-22-9-5-7-18(23(22)29)21-14-20(15-10-12-16(25)13-11-15)27-24(28-21)17-6-3-4-8-19(17)26/h3-13,21,24,28-29H,2,14H2,1H3/t21-,24-/m1/s1. The molecule has 0 bridgehead atoms. The predicted molar refractivity (Wildman–Crippen MR) is 117 cm³/mol. The molecule has 0 fully saturated rings. The number of halogens is 2. The van der Waals surface area contributed by atoms with Crippen LogP contribution in [-0.2, 0) is 0 Å². The molecule has 1 aliphatic heterocycles. The highest BCUT2D eigenvalue weighted by molar-refractivity contribution is 6.30. The third-order valence-corrected chi connectivity index (χ3v) is 5.38. The molecule has 1 aliphatic rings. The van der Waals surface area contributed by atoms with Gasteiger partial charge in [0.2, 0.25) is 0 Å². The maximum atomic E-state index is 14.5. The molecule has 154 valence electrons. The predicted octanol–water partition coefficient (Wildman–Crippen LogP) is 5.81. The van der Waals surface area contributed by atoms with Crippen molar-refractivity contribution in [2.24, 2.45) is 4.99 Å². The zero-order valence-electron chi connectivity index (χ0n) is 16.5. The molecule has 0 spiro atoms. The number of benzene rings is 3. The monoisotopic (exact) mass is 424 g/mol. The highest BCUT2D eigenvalue weighted by atomic mass is 35.5. The summed E-state index contributed by atoms with van der Waals surface area (Å²) < 4.78 is 20.1. The van der Waals surface area contributed by atoms with E-state index < -0.39 is 6.17 Å². The summed E-state index contributed by atoms with van der Waals surface area (Å²) in [5, 5.41) is 14.8. The lowest BCUT2D eigenvalue weighted by Crippen LogP contribution is -2.33. The molecule has 0 radical (unpaired) electrons. The first-order valence-electron chi connectivity index (χ1n) is 9.84. The first kappa shape index (κ1) is 20.4. The number of para-hydroxylation sites is 1. The normalized spacial score (nSPS) is 18.7. The highest BCUT2D eigenvalue weighted by Gasteiger charge is 2.29. The van der Waals surface area contributed by atoms with E-state index in [1.54, 1.807) is 24.3 Å². The number of nitrogens with one attached hydrogen (secondary N) is 1. The molecular weight excluding hydrogens is 403 g/mol. The van der Waals surface area contributed by atoms with E-state index >= 15 is 0 Å². The number of nitrogens with zero attached hydrogens (tertiary/aromatic N) is 1. The van der Waals surface area contributed by atoms with Gasteiger partial charge >= 0.3 is 0 Å². The summed E-state index contributed by atoms with van der Waals surface area (Å²) in [6.45, 7) is 2.31. The van der Waals surface area contributed by atoms with Crippen molar-refractivity contribution >= 4 is 17.3 Å². The summed E-state index contributed by atoms with van der Waals surface area (Å²) >= 11 is 6.04. The third-order valence-electron chi connectivity index (χ3n) is 5.12. The minimum Gasteiger partial charge on any atom is -0.504 e. The molecule has 3 aromatic carbocycles. The second kappa shape index (κ2) is 8.86. The van der Waals surface area contributed by atoms with Crippen molar-refractivity contribution in [1.82, 2.24) is 5.32 Å². The van der Waals surface area contributed by atoms with Gasteiger partial charge in [0.1, 0.15) is 12.0 Å². The van der Waals surface area contributed by atoms with Crippen LogP contribution in [0.5, 0.6) is 11.5 Å². The average molecular weight is 425 g/mol. The molecule has 0 aliphatic carbocycles. The van der Waals surface area contributed by atoms with Crippen molar-refractivity contribution in [2.45, 2.75) is 25.6 Å². The lowest BCUT2D eigenvalue weighted by atomic mass is 9.93. The minimum absolute atomic E-state index is 0.0847. The number of aliphatic imine (C=N–C) groups is 1. The van der Waals surface area contributed by atoms with Gasteiger partial charge in [-0.05, 0) is 36.8 Å². The lowest BCUT2D eigenvalue weighted by molar-refractivity contribution is 0.313. The Hall–Kier alpha value is -2.89. The van der Waals surface area contributed by atoms with Gasteiger partial charge in [-0.25, -0.2) is 4.39 Å². The molecule has 2 atom stereocenters. The number of aromatic hydroxyl groups is 1. The smallest absolute Gasteiger partial charge is 0.162 e. The number of phenolic OH excluding ortho intramolecular Hbond substituents is 1. The van der Waals surface area contributed by atoms with Crippen LogP contribution in [-0.4, -0.2) is 17.4 Å². The number of hydrogen-bond acceptors (Lipinski definition) is 4. The first-order chi connectivity index (χ1) is 14.6. The fraction of sp³-hybridized carbons (Fsp3) is 0.208. The van der Waals surface area contributed by atoms with E-state index in [1.165, 1.54) is 6.07 Å². The van der Waals surface area contributed by atoms with Crippen molar-refractivity contribution < 1.29 is 14.2 Å². The van der Waals surface area contributed by atoms with E-state index in [4.69, 9.17) is 21.3 Å². The van der Waals surface area contributed by atoms with Crippen LogP contribution in [0, 0.1) is 5.82 Å². The summed E-state index contributed by atoms with van der Waals surface area (Å²) in [5.41, 5.74) is 2.86. The van der Waals surface area contributed by atoms with Crippen LogP contribution in [0.2, 0.25) is 5.02 Å². The molecule has 0 saturated heterocycles. The Kier molecular flexibility index (Phi) is 6.02. The average Bonchev–Trinajstić information content (AvgIpc) is 2.76. The van der Waals surface area contributed by atoms with Gasteiger partial charge in [-0.15, -0.1) is 0 Å². The second-order valence-electron chi connectivity index (χ2n) is 7.06. The van der Waals surface area contributed by atoms with Crippen LogP contribution in [0.25, 0.3) is 0 Å². The molecule has 30 heavy (non-hydrogen) atoms. The molecule has 6 heteroatoms. The Balaban J connectivity index is 1.77. The minimum atomic E-state index is -0.592. The Labute approximate surface area is 180 Å². The van der Waals surface area contributed by atoms with Crippen molar-refractivity contribution in [2.75, 3.05) is 6.61 Å². The molecule has 0 aromatic heterocycles.